The van der Waals surface area contributed by atoms with Crippen molar-refractivity contribution in [3.05, 3.63) is 18.2 Å². The van der Waals surface area contributed by atoms with E-state index in [0.717, 1.165) is 5.82 Å². The molecular formula is C14H24N4O2. The lowest BCUT2D eigenvalue weighted by Crippen LogP contribution is -2.36. The van der Waals surface area contributed by atoms with Crippen molar-refractivity contribution < 1.29 is 9.59 Å². The van der Waals surface area contributed by atoms with E-state index in [9.17, 15) is 9.59 Å². The van der Waals surface area contributed by atoms with Gasteiger partial charge in [-0.25, -0.2) is 4.98 Å². The molecule has 0 aliphatic heterocycles. The molecule has 0 saturated carbocycles. The van der Waals surface area contributed by atoms with E-state index in [1.165, 1.54) is 0 Å². The Morgan fingerprint density at radius 2 is 2.10 bits per heavy atom. The summed E-state index contributed by atoms with van der Waals surface area (Å²) in [5.41, 5.74) is -0.393. The number of carbonyl (C=O) groups is 2. The van der Waals surface area contributed by atoms with Gasteiger partial charge in [-0.05, 0) is 13.3 Å². The minimum atomic E-state index is -0.393. The lowest BCUT2D eigenvalue weighted by Gasteiger charge is -2.17. The zero-order chi connectivity index (χ0) is 15.2. The Hall–Kier alpha value is -1.85. The molecule has 1 heterocycles. The van der Waals surface area contributed by atoms with E-state index in [1.54, 1.807) is 12.4 Å². The summed E-state index contributed by atoms with van der Waals surface area (Å²) in [6.45, 7) is 7.97. The third kappa shape index (κ3) is 5.42. The van der Waals surface area contributed by atoms with Gasteiger partial charge in [-0.15, -0.1) is 0 Å². The monoisotopic (exact) mass is 280 g/mol. The van der Waals surface area contributed by atoms with Gasteiger partial charge in [0.1, 0.15) is 5.82 Å². The number of amides is 2. The van der Waals surface area contributed by atoms with Gasteiger partial charge in [-0.3, -0.25) is 9.59 Å². The third-order valence-corrected chi connectivity index (χ3v) is 2.85. The number of hydrogen-bond donors (Lipinski definition) is 3. The number of hydrogen-bond acceptors (Lipinski definition) is 3. The maximum Gasteiger partial charge on any atom is 0.225 e. The first-order valence-corrected chi connectivity index (χ1v) is 6.87. The van der Waals surface area contributed by atoms with Crippen molar-refractivity contribution in [2.75, 3.05) is 6.54 Å². The molecule has 6 heteroatoms. The number of aromatic amines is 1. The standard InChI is InChI=1S/C14H24N4O2/c1-10(12-15-8-9-16-12)18-11(19)6-5-7-17-13(20)14(2,3)4/h8-10H,5-7H2,1-4H3,(H,15,16)(H,17,20)(H,18,19). The highest BCUT2D eigenvalue weighted by atomic mass is 16.2. The average Bonchev–Trinajstić information content (AvgIpc) is 2.86. The molecule has 0 fully saturated rings. The summed E-state index contributed by atoms with van der Waals surface area (Å²) in [5, 5.41) is 5.68. The van der Waals surface area contributed by atoms with Crippen molar-refractivity contribution in [1.29, 1.82) is 0 Å². The van der Waals surface area contributed by atoms with Crippen molar-refractivity contribution in [2.45, 2.75) is 46.6 Å². The van der Waals surface area contributed by atoms with E-state index in [2.05, 4.69) is 20.6 Å². The first-order valence-electron chi connectivity index (χ1n) is 6.87. The van der Waals surface area contributed by atoms with Crippen LogP contribution in [0, 0.1) is 5.41 Å². The molecule has 3 N–H and O–H groups in total. The summed E-state index contributed by atoms with van der Waals surface area (Å²) >= 11 is 0. The van der Waals surface area contributed by atoms with Gasteiger partial charge in [-0.2, -0.15) is 0 Å². The van der Waals surface area contributed by atoms with Gasteiger partial charge in [0.25, 0.3) is 0 Å². The molecule has 1 unspecified atom stereocenters. The maximum absolute atomic E-state index is 11.7. The number of imidazole rings is 1. The highest BCUT2D eigenvalue weighted by Gasteiger charge is 2.20. The topological polar surface area (TPSA) is 86.9 Å². The minimum absolute atomic E-state index is 0.00172. The fraction of sp³-hybridized carbons (Fsp3) is 0.643. The smallest absolute Gasteiger partial charge is 0.225 e. The molecule has 2 amide bonds. The lowest BCUT2D eigenvalue weighted by atomic mass is 9.96. The first-order chi connectivity index (χ1) is 9.30. The second kappa shape index (κ2) is 7.07. The van der Waals surface area contributed by atoms with E-state index in [4.69, 9.17) is 0 Å². The van der Waals surface area contributed by atoms with Crippen LogP contribution in [-0.2, 0) is 9.59 Å². The highest BCUT2D eigenvalue weighted by molar-refractivity contribution is 5.81. The summed E-state index contributed by atoms with van der Waals surface area (Å²) in [6, 6.07) is -0.137. The number of nitrogens with zero attached hydrogens (tertiary/aromatic N) is 1. The van der Waals surface area contributed by atoms with E-state index in [-0.39, 0.29) is 17.9 Å². The molecule has 20 heavy (non-hydrogen) atoms. The van der Waals surface area contributed by atoms with Gasteiger partial charge in [0, 0.05) is 30.8 Å². The van der Waals surface area contributed by atoms with Crippen molar-refractivity contribution in [2.24, 2.45) is 5.41 Å². The predicted molar refractivity (Wildman–Crippen MR) is 76.8 cm³/mol. The fourth-order valence-corrected chi connectivity index (χ4v) is 1.61. The van der Waals surface area contributed by atoms with Crippen molar-refractivity contribution in [1.82, 2.24) is 20.6 Å². The molecular weight excluding hydrogens is 256 g/mol. The number of carbonyl (C=O) groups excluding carboxylic acids is 2. The zero-order valence-electron chi connectivity index (χ0n) is 12.6. The van der Waals surface area contributed by atoms with Crippen LogP contribution in [-0.4, -0.2) is 28.3 Å². The van der Waals surface area contributed by atoms with Crippen LogP contribution in [0.15, 0.2) is 12.4 Å². The minimum Gasteiger partial charge on any atom is -0.356 e. The van der Waals surface area contributed by atoms with Gasteiger partial charge >= 0.3 is 0 Å². The zero-order valence-corrected chi connectivity index (χ0v) is 12.6. The molecule has 1 rings (SSSR count). The Morgan fingerprint density at radius 3 is 2.65 bits per heavy atom. The Morgan fingerprint density at radius 1 is 1.40 bits per heavy atom. The number of H-pyrrole nitrogens is 1. The average molecular weight is 280 g/mol. The molecule has 1 aromatic rings. The number of aromatic nitrogens is 2. The lowest BCUT2D eigenvalue weighted by molar-refractivity contribution is -0.128. The first kappa shape index (κ1) is 16.2. The second-order valence-electron chi connectivity index (χ2n) is 5.87. The van der Waals surface area contributed by atoms with Crippen LogP contribution in [0.1, 0.15) is 52.4 Å². The molecule has 1 atom stereocenters. The molecule has 0 radical (unpaired) electrons. The molecule has 0 aliphatic rings. The fourth-order valence-electron chi connectivity index (χ4n) is 1.61. The van der Waals surface area contributed by atoms with Crippen LogP contribution in [0.3, 0.4) is 0 Å². The summed E-state index contributed by atoms with van der Waals surface area (Å²) in [7, 11) is 0. The molecule has 0 aliphatic carbocycles. The molecule has 0 saturated heterocycles. The van der Waals surface area contributed by atoms with Gasteiger partial charge in [-0.1, -0.05) is 20.8 Å². The van der Waals surface area contributed by atoms with Crippen LogP contribution in [0.5, 0.6) is 0 Å². The van der Waals surface area contributed by atoms with E-state index < -0.39 is 5.41 Å². The van der Waals surface area contributed by atoms with Crippen molar-refractivity contribution in [3.8, 4) is 0 Å². The molecule has 6 nitrogen and oxygen atoms in total. The van der Waals surface area contributed by atoms with Crippen molar-refractivity contribution >= 4 is 11.8 Å². The molecule has 112 valence electrons. The van der Waals surface area contributed by atoms with Crippen LogP contribution in [0.2, 0.25) is 0 Å². The Balaban J connectivity index is 2.19. The predicted octanol–water partition coefficient (Wildman–Crippen LogP) is 1.53. The van der Waals surface area contributed by atoms with E-state index in [1.807, 2.05) is 27.7 Å². The van der Waals surface area contributed by atoms with Crippen LogP contribution < -0.4 is 10.6 Å². The summed E-state index contributed by atoms with van der Waals surface area (Å²) in [4.78, 5) is 30.4. The van der Waals surface area contributed by atoms with Gasteiger partial charge in [0.2, 0.25) is 11.8 Å². The van der Waals surface area contributed by atoms with E-state index in [0.29, 0.717) is 19.4 Å². The summed E-state index contributed by atoms with van der Waals surface area (Å²) < 4.78 is 0. The quantitative estimate of drug-likeness (QED) is 0.691. The van der Waals surface area contributed by atoms with E-state index >= 15 is 0 Å². The SMILES string of the molecule is CC(NC(=O)CCCNC(=O)C(C)(C)C)c1ncc[nH]1. The molecule has 0 spiro atoms. The highest BCUT2D eigenvalue weighted by Crippen LogP contribution is 2.12. The van der Waals surface area contributed by atoms with Gasteiger partial charge < -0.3 is 15.6 Å². The Kier molecular flexibility index (Phi) is 5.73. The normalized spacial score (nSPS) is 12.8. The number of nitrogens with one attached hydrogen (secondary N) is 3. The molecule has 0 aromatic carbocycles. The van der Waals surface area contributed by atoms with Crippen LogP contribution in [0.25, 0.3) is 0 Å². The maximum atomic E-state index is 11.7. The van der Waals surface area contributed by atoms with Crippen molar-refractivity contribution in [3.63, 3.8) is 0 Å². The van der Waals surface area contributed by atoms with Gasteiger partial charge in [0.15, 0.2) is 0 Å². The third-order valence-electron chi connectivity index (χ3n) is 2.85. The summed E-state index contributed by atoms with van der Waals surface area (Å²) in [5.74, 6) is 0.695. The number of rotatable bonds is 6. The molecule has 1 aromatic heterocycles. The molecule has 0 bridgehead atoms. The Labute approximate surface area is 119 Å². The largest absolute Gasteiger partial charge is 0.356 e. The van der Waals surface area contributed by atoms with Gasteiger partial charge in [0.05, 0.1) is 6.04 Å². The van der Waals surface area contributed by atoms with Crippen LogP contribution in [0.4, 0.5) is 0 Å². The second-order valence-corrected chi connectivity index (χ2v) is 5.87. The summed E-state index contributed by atoms with van der Waals surface area (Å²) in [6.07, 6.45) is 4.38. The Bertz CT molecular complexity index is 435. The van der Waals surface area contributed by atoms with Crippen LogP contribution >= 0.6 is 0 Å².